The Balaban J connectivity index is 2.04. The lowest BCUT2D eigenvalue weighted by Gasteiger charge is -2.35. The molecule has 1 N–H and O–H groups in total. The number of nitrogens with one attached hydrogen (secondary N) is 1. The van der Waals surface area contributed by atoms with E-state index in [1.54, 1.807) is 7.11 Å². The zero-order valence-electron chi connectivity index (χ0n) is 14.8. The Kier molecular flexibility index (Phi) is 7.34. The van der Waals surface area contributed by atoms with Crippen LogP contribution in [0.1, 0.15) is 25.3 Å². The number of guanidine groups is 1. The summed E-state index contributed by atoms with van der Waals surface area (Å²) >= 11 is 5.95. The van der Waals surface area contributed by atoms with E-state index in [4.69, 9.17) is 26.1 Å². The smallest absolute Gasteiger partial charge is 0.194 e. The molecular weight excluding hydrogens is 326 g/mol. The maximum Gasteiger partial charge on any atom is 0.194 e. The Morgan fingerprint density at radius 1 is 1.33 bits per heavy atom. The minimum atomic E-state index is -0.208. The molecule has 0 radical (unpaired) electrons. The van der Waals surface area contributed by atoms with Gasteiger partial charge in [0, 0.05) is 58.3 Å². The van der Waals surface area contributed by atoms with Crippen LogP contribution in [0.4, 0.5) is 0 Å². The number of methoxy groups -OCH3 is 1. The molecule has 0 aliphatic carbocycles. The predicted octanol–water partition coefficient (Wildman–Crippen LogP) is 2.93. The van der Waals surface area contributed by atoms with E-state index in [1.165, 1.54) is 5.56 Å². The number of hydrogen-bond donors (Lipinski definition) is 1. The van der Waals surface area contributed by atoms with Crippen LogP contribution in [0.3, 0.4) is 0 Å². The van der Waals surface area contributed by atoms with Crippen LogP contribution < -0.4 is 5.32 Å². The van der Waals surface area contributed by atoms with Crippen molar-refractivity contribution in [1.29, 1.82) is 0 Å². The molecule has 0 saturated carbocycles. The summed E-state index contributed by atoms with van der Waals surface area (Å²) in [5, 5.41) is 4.11. The summed E-state index contributed by atoms with van der Waals surface area (Å²) in [6.07, 6.45) is 1.76. The van der Waals surface area contributed by atoms with Crippen LogP contribution in [-0.4, -0.2) is 56.9 Å². The summed E-state index contributed by atoms with van der Waals surface area (Å²) in [4.78, 5) is 6.94. The second kappa shape index (κ2) is 9.25. The fourth-order valence-corrected chi connectivity index (χ4v) is 2.92. The average molecular weight is 354 g/mol. The number of ether oxygens (including phenoxy) is 2. The molecule has 0 spiro atoms. The molecule has 0 aromatic heterocycles. The van der Waals surface area contributed by atoms with Crippen molar-refractivity contribution in [3.63, 3.8) is 0 Å². The van der Waals surface area contributed by atoms with Gasteiger partial charge in [-0.25, -0.2) is 0 Å². The van der Waals surface area contributed by atoms with Crippen molar-refractivity contribution in [2.24, 2.45) is 4.99 Å². The minimum absolute atomic E-state index is 0.208. The summed E-state index contributed by atoms with van der Waals surface area (Å²) in [6, 6.07) is 7.91. The first-order valence-corrected chi connectivity index (χ1v) is 8.83. The number of rotatable bonds is 6. The number of nitrogens with zero attached hydrogens (tertiary/aromatic N) is 2. The third kappa shape index (κ3) is 5.36. The van der Waals surface area contributed by atoms with Gasteiger partial charge < -0.3 is 19.7 Å². The van der Waals surface area contributed by atoms with Gasteiger partial charge >= 0.3 is 0 Å². The molecule has 0 amide bonds. The van der Waals surface area contributed by atoms with E-state index in [0.717, 1.165) is 50.1 Å². The van der Waals surface area contributed by atoms with Crippen LogP contribution >= 0.6 is 11.6 Å². The first-order valence-electron chi connectivity index (χ1n) is 8.45. The highest BCUT2D eigenvalue weighted by atomic mass is 35.5. The van der Waals surface area contributed by atoms with E-state index in [0.29, 0.717) is 6.54 Å². The van der Waals surface area contributed by atoms with E-state index in [-0.39, 0.29) is 5.60 Å². The summed E-state index contributed by atoms with van der Waals surface area (Å²) in [5.74, 6) is 0.885. The van der Waals surface area contributed by atoms with Gasteiger partial charge in [0.25, 0.3) is 0 Å². The monoisotopic (exact) mass is 353 g/mol. The topological polar surface area (TPSA) is 46.1 Å². The third-order valence-corrected chi connectivity index (χ3v) is 4.64. The van der Waals surface area contributed by atoms with Gasteiger partial charge in [-0.15, -0.1) is 0 Å². The second-order valence-corrected chi connectivity index (χ2v) is 6.59. The van der Waals surface area contributed by atoms with Gasteiger partial charge in [-0.1, -0.05) is 23.7 Å². The molecule has 0 atom stereocenters. The molecule has 1 saturated heterocycles. The molecule has 0 bridgehead atoms. The SMILES string of the molecule is CCNC(=NCC1(OC)CCOCC1)N(C)Cc1ccc(Cl)cc1. The molecule has 1 fully saturated rings. The van der Waals surface area contributed by atoms with Crippen molar-refractivity contribution < 1.29 is 9.47 Å². The van der Waals surface area contributed by atoms with Crippen LogP contribution in [0.2, 0.25) is 5.02 Å². The van der Waals surface area contributed by atoms with E-state index in [9.17, 15) is 0 Å². The highest BCUT2D eigenvalue weighted by Gasteiger charge is 2.32. The average Bonchev–Trinajstić information content (AvgIpc) is 2.61. The highest BCUT2D eigenvalue weighted by Crippen LogP contribution is 2.24. The summed E-state index contributed by atoms with van der Waals surface area (Å²) in [5.41, 5.74) is 0.986. The van der Waals surface area contributed by atoms with Crippen molar-refractivity contribution in [3.05, 3.63) is 34.9 Å². The van der Waals surface area contributed by atoms with E-state index >= 15 is 0 Å². The fourth-order valence-electron chi connectivity index (χ4n) is 2.80. The number of hydrogen-bond acceptors (Lipinski definition) is 3. The quantitative estimate of drug-likeness (QED) is 0.631. The predicted molar refractivity (Wildman–Crippen MR) is 98.7 cm³/mol. The van der Waals surface area contributed by atoms with Gasteiger partial charge in [-0.3, -0.25) is 4.99 Å². The molecule has 1 heterocycles. The Morgan fingerprint density at radius 3 is 2.58 bits per heavy atom. The zero-order chi connectivity index (χ0) is 17.4. The number of halogens is 1. The normalized spacial score (nSPS) is 17.6. The molecule has 5 nitrogen and oxygen atoms in total. The largest absolute Gasteiger partial charge is 0.381 e. The minimum Gasteiger partial charge on any atom is -0.381 e. The van der Waals surface area contributed by atoms with Crippen LogP contribution in [0.5, 0.6) is 0 Å². The van der Waals surface area contributed by atoms with Crippen molar-refractivity contribution in [2.45, 2.75) is 31.9 Å². The van der Waals surface area contributed by atoms with Crippen LogP contribution in [-0.2, 0) is 16.0 Å². The molecule has 0 unspecified atom stereocenters. The maximum absolute atomic E-state index is 5.95. The molecule has 1 aliphatic rings. The summed E-state index contributed by atoms with van der Waals surface area (Å²) in [7, 11) is 3.81. The Labute approximate surface area is 150 Å². The Morgan fingerprint density at radius 2 is 2.00 bits per heavy atom. The summed E-state index contributed by atoms with van der Waals surface area (Å²) < 4.78 is 11.2. The van der Waals surface area contributed by atoms with E-state index < -0.39 is 0 Å². The Bertz CT molecular complexity index is 528. The maximum atomic E-state index is 5.95. The van der Waals surface area contributed by atoms with Crippen LogP contribution in [0, 0.1) is 0 Å². The molecule has 1 aromatic rings. The second-order valence-electron chi connectivity index (χ2n) is 6.15. The van der Waals surface area contributed by atoms with Gasteiger partial charge in [0.15, 0.2) is 5.96 Å². The lowest BCUT2D eigenvalue weighted by atomic mass is 9.94. The third-order valence-electron chi connectivity index (χ3n) is 4.38. The standard InChI is InChI=1S/C18H28ClN3O2/c1-4-20-17(21-14-18(23-3)9-11-24-12-10-18)22(2)13-15-5-7-16(19)8-6-15/h5-8H,4,9-14H2,1-3H3,(H,20,21). The van der Waals surface area contributed by atoms with Gasteiger partial charge in [0.2, 0.25) is 0 Å². The van der Waals surface area contributed by atoms with Gasteiger partial charge in [-0.05, 0) is 24.6 Å². The van der Waals surface area contributed by atoms with Crippen molar-refractivity contribution >= 4 is 17.6 Å². The van der Waals surface area contributed by atoms with E-state index in [2.05, 4.69) is 17.1 Å². The first kappa shape index (κ1) is 19.0. The van der Waals surface area contributed by atoms with Crippen LogP contribution in [0.15, 0.2) is 29.3 Å². The van der Waals surface area contributed by atoms with E-state index in [1.807, 2.05) is 31.3 Å². The molecule has 6 heteroatoms. The van der Waals surface area contributed by atoms with Crippen LogP contribution in [0.25, 0.3) is 0 Å². The number of aliphatic imine (C=N–C) groups is 1. The molecule has 1 aliphatic heterocycles. The zero-order valence-corrected chi connectivity index (χ0v) is 15.6. The fraction of sp³-hybridized carbons (Fsp3) is 0.611. The van der Waals surface area contributed by atoms with Gasteiger partial charge in [-0.2, -0.15) is 0 Å². The van der Waals surface area contributed by atoms with Crippen molar-refractivity contribution in [1.82, 2.24) is 10.2 Å². The van der Waals surface area contributed by atoms with Gasteiger partial charge in [0.05, 0.1) is 12.1 Å². The lowest BCUT2D eigenvalue weighted by molar-refractivity contribution is -0.0829. The summed E-state index contributed by atoms with van der Waals surface area (Å²) in [6.45, 7) is 5.78. The first-order chi connectivity index (χ1) is 11.6. The van der Waals surface area contributed by atoms with Crippen molar-refractivity contribution in [2.75, 3.05) is 40.5 Å². The molecular formula is C18H28ClN3O2. The number of benzene rings is 1. The molecule has 1 aromatic carbocycles. The molecule has 2 rings (SSSR count). The van der Waals surface area contributed by atoms with Gasteiger partial charge in [0.1, 0.15) is 0 Å². The van der Waals surface area contributed by atoms with Crippen molar-refractivity contribution in [3.8, 4) is 0 Å². The molecule has 24 heavy (non-hydrogen) atoms. The highest BCUT2D eigenvalue weighted by molar-refractivity contribution is 6.30. The molecule has 134 valence electrons. The Hall–Kier alpha value is -1.30. The lowest BCUT2D eigenvalue weighted by Crippen LogP contribution is -2.44.